The standard InChI is InChI=1S/C21H20O4S/c1-11(22)12-8-9-13-15(10-12)20(25-3)21-17(19(13)24-2)18(23)14-6-4-5-7-16(14)26-21/h4-7,12H,8-10H2,1-3H3. The Morgan fingerprint density at radius 1 is 1.12 bits per heavy atom. The molecule has 134 valence electrons. The molecule has 0 fully saturated rings. The van der Waals surface area contributed by atoms with Crippen LogP contribution in [-0.2, 0) is 17.6 Å². The monoisotopic (exact) mass is 368 g/mol. The Morgan fingerprint density at radius 2 is 1.85 bits per heavy atom. The van der Waals surface area contributed by atoms with Gasteiger partial charge in [-0.05, 0) is 38.3 Å². The van der Waals surface area contributed by atoms with Gasteiger partial charge in [0.15, 0.2) is 5.43 Å². The molecule has 1 atom stereocenters. The molecular weight excluding hydrogens is 348 g/mol. The number of rotatable bonds is 3. The molecule has 1 aliphatic rings. The minimum atomic E-state index is -0.0269. The van der Waals surface area contributed by atoms with E-state index >= 15 is 0 Å². The molecule has 0 amide bonds. The van der Waals surface area contributed by atoms with Gasteiger partial charge in [0.25, 0.3) is 0 Å². The zero-order chi connectivity index (χ0) is 18.4. The van der Waals surface area contributed by atoms with Crippen LogP contribution in [0.1, 0.15) is 24.5 Å². The predicted molar refractivity (Wildman–Crippen MR) is 105 cm³/mol. The summed E-state index contributed by atoms with van der Waals surface area (Å²) >= 11 is 1.54. The first-order chi connectivity index (χ1) is 12.6. The summed E-state index contributed by atoms with van der Waals surface area (Å²) in [7, 11) is 3.24. The van der Waals surface area contributed by atoms with E-state index in [9.17, 15) is 9.59 Å². The first kappa shape index (κ1) is 17.0. The van der Waals surface area contributed by atoms with Gasteiger partial charge in [0.05, 0.1) is 24.3 Å². The molecule has 1 heterocycles. The molecule has 1 unspecified atom stereocenters. The summed E-state index contributed by atoms with van der Waals surface area (Å²) in [6, 6.07) is 7.61. The maximum Gasteiger partial charge on any atom is 0.199 e. The van der Waals surface area contributed by atoms with E-state index in [1.807, 2.05) is 24.3 Å². The Bertz CT molecular complexity index is 1100. The van der Waals surface area contributed by atoms with E-state index in [-0.39, 0.29) is 17.1 Å². The van der Waals surface area contributed by atoms with E-state index in [4.69, 9.17) is 9.47 Å². The summed E-state index contributed by atoms with van der Waals surface area (Å²) < 4.78 is 13.2. The molecule has 0 bridgehead atoms. The van der Waals surface area contributed by atoms with Crippen molar-refractivity contribution in [3.63, 3.8) is 0 Å². The fraction of sp³-hybridized carbons (Fsp3) is 0.333. The molecule has 0 saturated heterocycles. The van der Waals surface area contributed by atoms with E-state index in [1.165, 1.54) is 11.3 Å². The molecule has 1 aliphatic carbocycles. The molecule has 5 heteroatoms. The number of ether oxygens (including phenoxy) is 2. The van der Waals surface area contributed by atoms with Crippen LogP contribution in [0.5, 0.6) is 11.5 Å². The van der Waals surface area contributed by atoms with Crippen molar-refractivity contribution in [2.24, 2.45) is 5.92 Å². The molecular formula is C21H20O4S. The van der Waals surface area contributed by atoms with Gasteiger partial charge >= 0.3 is 0 Å². The van der Waals surface area contributed by atoms with Crippen LogP contribution in [0, 0.1) is 5.92 Å². The van der Waals surface area contributed by atoms with Crippen LogP contribution in [0.25, 0.3) is 20.2 Å². The van der Waals surface area contributed by atoms with Gasteiger partial charge in [-0.25, -0.2) is 0 Å². The van der Waals surface area contributed by atoms with Gasteiger partial charge in [0, 0.05) is 27.1 Å². The largest absolute Gasteiger partial charge is 0.496 e. The number of benzene rings is 2. The normalized spacial score (nSPS) is 16.5. The lowest BCUT2D eigenvalue weighted by Gasteiger charge is -2.27. The smallest absolute Gasteiger partial charge is 0.199 e. The lowest BCUT2D eigenvalue weighted by atomic mass is 9.80. The lowest BCUT2D eigenvalue weighted by Crippen LogP contribution is -2.22. The van der Waals surface area contributed by atoms with Crippen molar-refractivity contribution in [2.45, 2.75) is 26.2 Å². The highest BCUT2D eigenvalue weighted by Crippen LogP contribution is 2.46. The van der Waals surface area contributed by atoms with Crippen LogP contribution in [0.2, 0.25) is 0 Å². The van der Waals surface area contributed by atoms with Gasteiger partial charge < -0.3 is 9.47 Å². The second-order valence-electron chi connectivity index (χ2n) is 6.71. The van der Waals surface area contributed by atoms with Crippen LogP contribution in [-0.4, -0.2) is 20.0 Å². The van der Waals surface area contributed by atoms with Crippen LogP contribution in [0.15, 0.2) is 29.1 Å². The molecule has 3 aromatic rings. The van der Waals surface area contributed by atoms with Crippen molar-refractivity contribution >= 4 is 37.3 Å². The summed E-state index contributed by atoms with van der Waals surface area (Å²) in [5, 5.41) is 1.29. The van der Waals surface area contributed by atoms with Gasteiger partial charge in [-0.1, -0.05) is 12.1 Å². The molecule has 0 saturated carbocycles. The predicted octanol–water partition coefficient (Wildman–Crippen LogP) is 4.13. The number of carbonyl (C=O) groups excluding carboxylic acids is 1. The number of methoxy groups -OCH3 is 2. The Morgan fingerprint density at radius 3 is 2.54 bits per heavy atom. The van der Waals surface area contributed by atoms with Crippen molar-refractivity contribution < 1.29 is 14.3 Å². The van der Waals surface area contributed by atoms with Crippen molar-refractivity contribution in [3.05, 3.63) is 45.6 Å². The quantitative estimate of drug-likeness (QED) is 0.653. The third-order valence-corrected chi connectivity index (χ3v) is 6.49. The maximum atomic E-state index is 13.2. The third-order valence-electron chi connectivity index (χ3n) is 5.32. The minimum Gasteiger partial charge on any atom is -0.496 e. The summed E-state index contributed by atoms with van der Waals surface area (Å²) in [5.74, 6) is 1.55. The maximum absolute atomic E-state index is 13.2. The number of carbonyl (C=O) groups is 1. The van der Waals surface area contributed by atoms with Gasteiger partial charge in [-0.15, -0.1) is 11.3 Å². The fourth-order valence-corrected chi connectivity index (χ4v) is 5.23. The van der Waals surface area contributed by atoms with Crippen LogP contribution < -0.4 is 14.9 Å². The Labute approximate surface area is 155 Å². The highest BCUT2D eigenvalue weighted by Gasteiger charge is 2.31. The topological polar surface area (TPSA) is 52.6 Å². The highest BCUT2D eigenvalue weighted by atomic mass is 32.1. The summed E-state index contributed by atoms with van der Waals surface area (Å²) in [5.41, 5.74) is 1.99. The zero-order valence-corrected chi connectivity index (χ0v) is 15.9. The minimum absolute atomic E-state index is 0.00395. The number of ketones is 1. The van der Waals surface area contributed by atoms with Gasteiger partial charge in [-0.3, -0.25) is 9.59 Å². The van der Waals surface area contributed by atoms with E-state index < -0.39 is 0 Å². The lowest BCUT2D eigenvalue weighted by molar-refractivity contribution is -0.121. The first-order valence-corrected chi connectivity index (χ1v) is 9.50. The molecule has 26 heavy (non-hydrogen) atoms. The Kier molecular flexibility index (Phi) is 4.19. The number of Topliss-reactive ketones (excluding diaryl/α,β-unsaturated/α-hetero) is 1. The third kappa shape index (κ3) is 2.42. The van der Waals surface area contributed by atoms with E-state index in [2.05, 4.69) is 0 Å². The number of fused-ring (bicyclic) bond motifs is 3. The van der Waals surface area contributed by atoms with Crippen molar-refractivity contribution in [3.8, 4) is 11.5 Å². The molecule has 4 nitrogen and oxygen atoms in total. The SMILES string of the molecule is COc1c2c(c(OC)c3c(=O)c4ccccc4sc13)CCC(C(C)=O)C2. The van der Waals surface area contributed by atoms with Crippen molar-refractivity contribution in [2.75, 3.05) is 14.2 Å². The molecule has 0 radical (unpaired) electrons. The molecule has 2 aromatic carbocycles. The number of hydrogen-bond donors (Lipinski definition) is 0. The average Bonchev–Trinajstić information content (AvgIpc) is 2.66. The van der Waals surface area contributed by atoms with Crippen LogP contribution in [0.4, 0.5) is 0 Å². The Balaban J connectivity index is 2.15. The first-order valence-electron chi connectivity index (χ1n) is 8.68. The Hall–Kier alpha value is -2.40. The van der Waals surface area contributed by atoms with Gasteiger partial charge in [0.2, 0.25) is 0 Å². The zero-order valence-electron chi connectivity index (χ0n) is 15.0. The molecule has 0 N–H and O–H groups in total. The van der Waals surface area contributed by atoms with Crippen LogP contribution >= 0.6 is 11.3 Å². The fourth-order valence-electron chi connectivity index (χ4n) is 4.01. The van der Waals surface area contributed by atoms with Gasteiger partial charge in [0.1, 0.15) is 17.3 Å². The average molecular weight is 368 g/mol. The van der Waals surface area contributed by atoms with Crippen molar-refractivity contribution in [1.82, 2.24) is 0 Å². The molecule has 0 aliphatic heterocycles. The second-order valence-corrected chi connectivity index (χ2v) is 7.76. The van der Waals surface area contributed by atoms with E-state index in [1.54, 1.807) is 21.1 Å². The second kappa shape index (κ2) is 6.40. The molecule has 1 aromatic heterocycles. The number of hydrogen-bond acceptors (Lipinski definition) is 5. The highest BCUT2D eigenvalue weighted by molar-refractivity contribution is 7.25. The van der Waals surface area contributed by atoms with Crippen LogP contribution in [0.3, 0.4) is 0 Å². The summed E-state index contributed by atoms with van der Waals surface area (Å²) in [4.78, 5) is 25.1. The summed E-state index contributed by atoms with van der Waals surface area (Å²) in [6.45, 7) is 1.65. The van der Waals surface area contributed by atoms with E-state index in [0.717, 1.165) is 32.7 Å². The van der Waals surface area contributed by atoms with E-state index in [0.29, 0.717) is 29.4 Å². The molecule has 4 rings (SSSR count). The molecule has 0 spiro atoms. The summed E-state index contributed by atoms with van der Waals surface area (Å²) in [6.07, 6.45) is 2.12. The van der Waals surface area contributed by atoms with Gasteiger partial charge in [-0.2, -0.15) is 0 Å². The van der Waals surface area contributed by atoms with Crippen molar-refractivity contribution in [1.29, 1.82) is 0 Å².